The molecule has 0 radical (unpaired) electrons. The SMILES string of the molecule is CC(C)Cc1nnc2sc([C@H]3CCCCO3)nn12. The average Bonchev–Trinajstić information content (AvgIpc) is 2.92. The molecule has 6 heteroatoms. The Morgan fingerprint density at radius 3 is 3.00 bits per heavy atom. The molecule has 5 nitrogen and oxygen atoms in total. The summed E-state index contributed by atoms with van der Waals surface area (Å²) in [5.74, 6) is 1.52. The Morgan fingerprint density at radius 2 is 2.28 bits per heavy atom. The lowest BCUT2D eigenvalue weighted by molar-refractivity contribution is 0.0143. The third-order valence-corrected chi connectivity index (χ3v) is 4.11. The highest BCUT2D eigenvalue weighted by molar-refractivity contribution is 7.16. The standard InChI is InChI=1S/C12H18N4OS/c1-8(2)7-10-13-14-12-16(10)15-11(18-12)9-5-3-4-6-17-9/h8-9H,3-7H2,1-2H3/t9-/m1/s1. The lowest BCUT2D eigenvalue weighted by atomic mass is 10.1. The average molecular weight is 266 g/mol. The van der Waals surface area contributed by atoms with Gasteiger partial charge in [-0.05, 0) is 25.2 Å². The minimum atomic E-state index is 0.164. The number of hydrogen-bond donors (Lipinski definition) is 0. The zero-order valence-electron chi connectivity index (χ0n) is 10.8. The molecule has 0 bridgehead atoms. The van der Waals surface area contributed by atoms with Crippen LogP contribution in [0.25, 0.3) is 4.96 Å². The summed E-state index contributed by atoms with van der Waals surface area (Å²) in [4.78, 5) is 0.884. The van der Waals surface area contributed by atoms with Crippen molar-refractivity contribution in [1.82, 2.24) is 19.8 Å². The maximum absolute atomic E-state index is 5.77. The second-order valence-electron chi connectivity index (χ2n) is 5.20. The monoisotopic (exact) mass is 266 g/mol. The normalized spacial score (nSPS) is 20.9. The number of rotatable bonds is 3. The largest absolute Gasteiger partial charge is 0.371 e. The zero-order valence-corrected chi connectivity index (χ0v) is 11.6. The summed E-state index contributed by atoms with van der Waals surface area (Å²) in [6.07, 6.45) is 4.54. The van der Waals surface area contributed by atoms with Gasteiger partial charge in [-0.3, -0.25) is 0 Å². The minimum Gasteiger partial charge on any atom is -0.371 e. The van der Waals surface area contributed by atoms with Crippen molar-refractivity contribution >= 4 is 16.3 Å². The number of aromatic nitrogens is 4. The van der Waals surface area contributed by atoms with Crippen molar-refractivity contribution in [1.29, 1.82) is 0 Å². The minimum absolute atomic E-state index is 0.164. The van der Waals surface area contributed by atoms with Crippen molar-refractivity contribution in [2.24, 2.45) is 5.92 Å². The molecule has 2 aromatic heterocycles. The molecular formula is C12H18N4OS. The Kier molecular flexibility index (Phi) is 3.30. The molecule has 18 heavy (non-hydrogen) atoms. The van der Waals surface area contributed by atoms with Gasteiger partial charge in [-0.2, -0.15) is 9.61 Å². The van der Waals surface area contributed by atoms with Gasteiger partial charge >= 0.3 is 0 Å². The van der Waals surface area contributed by atoms with E-state index >= 15 is 0 Å². The van der Waals surface area contributed by atoms with Crippen LogP contribution in [0.4, 0.5) is 0 Å². The predicted molar refractivity (Wildman–Crippen MR) is 69.7 cm³/mol. The van der Waals surface area contributed by atoms with E-state index in [9.17, 15) is 0 Å². The van der Waals surface area contributed by atoms with Crippen LogP contribution in [0.2, 0.25) is 0 Å². The molecule has 0 N–H and O–H groups in total. The number of hydrogen-bond acceptors (Lipinski definition) is 5. The molecule has 98 valence electrons. The van der Waals surface area contributed by atoms with E-state index in [0.29, 0.717) is 5.92 Å². The fourth-order valence-corrected chi connectivity index (χ4v) is 3.17. The van der Waals surface area contributed by atoms with Crippen molar-refractivity contribution < 1.29 is 4.74 Å². The summed E-state index contributed by atoms with van der Waals surface area (Å²) in [7, 11) is 0. The Hall–Kier alpha value is -1.01. The maximum atomic E-state index is 5.77. The van der Waals surface area contributed by atoms with E-state index in [1.54, 1.807) is 11.3 Å². The van der Waals surface area contributed by atoms with Gasteiger partial charge in [0, 0.05) is 13.0 Å². The highest BCUT2D eigenvalue weighted by Crippen LogP contribution is 2.30. The molecule has 2 aromatic rings. The van der Waals surface area contributed by atoms with Gasteiger partial charge in [-0.1, -0.05) is 25.2 Å². The van der Waals surface area contributed by atoms with Crippen molar-refractivity contribution in [2.45, 2.75) is 45.6 Å². The molecule has 0 aromatic carbocycles. The smallest absolute Gasteiger partial charge is 0.234 e. The zero-order chi connectivity index (χ0) is 12.5. The van der Waals surface area contributed by atoms with Crippen molar-refractivity contribution in [2.75, 3.05) is 6.61 Å². The van der Waals surface area contributed by atoms with Crippen LogP contribution >= 0.6 is 11.3 Å². The Bertz CT molecular complexity index is 527. The van der Waals surface area contributed by atoms with Gasteiger partial charge in [-0.25, -0.2) is 0 Å². The van der Waals surface area contributed by atoms with Crippen LogP contribution in [0, 0.1) is 5.92 Å². The van der Waals surface area contributed by atoms with E-state index in [0.717, 1.165) is 35.2 Å². The fourth-order valence-electron chi connectivity index (χ4n) is 2.23. The Labute approximate surface area is 110 Å². The molecule has 3 heterocycles. The molecular weight excluding hydrogens is 248 g/mol. The molecule has 1 saturated heterocycles. The van der Waals surface area contributed by atoms with E-state index in [4.69, 9.17) is 4.74 Å². The molecule has 1 fully saturated rings. The van der Waals surface area contributed by atoms with Crippen LogP contribution in [0.5, 0.6) is 0 Å². The molecule has 0 saturated carbocycles. The van der Waals surface area contributed by atoms with Gasteiger partial charge in [0.25, 0.3) is 0 Å². The van der Waals surface area contributed by atoms with Crippen LogP contribution in [0.1, 0.15) is 50.0 Å². The summed E-state index contributed by atoms with van der Waals surface area (Å²) >= 11 is 1.60. The highest BCUT2D eigenvalue weighted by Gasteiger charge is 2.22. The first-order valence-electron chi connectivity index (χ1n) is 6.56. The maximum Gasteiger partial charge on any atom is 0.234 e. The van der Waals surface area contributed by atoms with Gasteiger partial charge in [0.15, 0.2) is 5.82 Å². The second-order valence-corrected chi connectivity index (χ2v) is 6.19. The molecule has 0 aliphatic carbocycles. The van der Waals surface area contributed by atoms with Gasteiger partial charge in [0.2, 0.25) is 4.96 Å². The summed E-state index contributed by atoms with van der Waals surface area (Å²) in [5, 5.41) is 14.1. The summed E-state index contributed by atoms with van der Waals surface area (Å²) in [6.45, 7) is 5.21. The summed E-state index contributed by atoms with van der Waals surface area (Å²) < 4.78 is 7.66. The van der Waals surface area contributed by atoms with Crippen LogP contribution in [0.15, 0.2) is 0 Å². The van der Waals surface area contributed by atoms with Gasteiger partial charge in [0.05, 0.1) is 0 Å². The fraction of sp³-hybridized carbons (Fsp3) is 0.750. The van der Waals surface area contributed by atoms with Gasteiger partial charge in [-0.15, -0.1) is 10.2 Å². The van der Waals surface area contributed by atoms with Gasteiger partial charge in [0.1, 0.15) is 11.1 Å². The third kappa shape index (κ3) is 2.27. The number of fused-ring (bicyclic) bond motifs is 1. The van der Waals surface area contributed by atoms with Gasteiger partial charge < -0.3 is 4.74 Å². The van der Waals surface area contributed by atoms with E-state index in [1.165, 1.54) is 12.8 Å². The van der Waals surface area contributed by atoms with Crippen LogP contribution in [-0.2, 0) is 11.2 Å². The van der Waals surface area contributed by atoms with E-state index < -0.39 is 0 Å². The van der Waals surface area contributed by atoms with E-state index in [1.807, 2.05) is 4.52 Å². The topological polar surface area (TPSA) is 52.3 Å². The van der Waals surface area contributed by atoms with Crippen molar-refractivity contribution in [3.63, 3.8) is 0 Å². The van der Waals surface area contributed by atoms with E-state index in [-0.39, 0.29) is 6.10 Å². The summed E-state index contributed by atoms with van der Waals surface area (Å²) in [5.41, 5.74) is 0. The predicted octanol–water partition coefficient (Wildman–Crippen LogP) is 2.63. The lowest BCUT2D eigenvalue weighted by Gasteiger charge is -2.19. The number of ether oxygens (including phenoxy) is 1. The van der Waals surface area contributed by atoms with Crippen molar-refractivity contribution in [3.05, 3.63) is 10.8 Å². The molecule has 1 aliphatic heterocycles. The second kappa shape index (κ2) is 4.93. The van der Waals surface area contributed by atoms with E-state index in [2.05, 4.69) is 29.1 Å². The first-order valence-corrected chi connectivity index (χ1v) is 7.38. The molecule has 3 rings (SSSR count). The molecule has 0 unspecified atom stereocenters. The van der Waals surface area contributed by atoms with Crippen LogP contribution in [-0.4, -0.2) is 26.4 Å². The van der Waals surface area contributed by atoms with Crippen molar-refractivity contribution in [3.8, 4) is 0 Å². The first-order chi connectivity index (χ1) is 8.74. The Morgan fingerprint density at radius 1 is 1.39 bits per heavy atom. The van der Waals surface area contributed by atoms with Crippen LogP contribution in [0.3, 0.4) is 0 Å². The molecule has 1 atom stereocenters. The van der Waals surface area contributed by atoms with Crippen LogP contribution < -0.4 is 0 Å². The molecule has 0 spiro atoms. The Balaban J connectivity index is 1.88. The lowest BCUT2D eigenvalue weighted by Crippen LogP contribution is -2.12. The number of nitrogens with zero attached hydrogens (tertiary/aromatic N) is 4. The summed E-state index contributed by atoms with van der Waals surface area (Å²) in [6, 6.07) is 0. The molecule has 1 aliphatic rings. The molecule has 0 amide bonds. The first kappa shape index (κ1) is 12.0. The quantitative estimate of drug-likeness (QED) is 0.857. The highest BCUT2D eigenvalue weighted by atomic mass is 32.1. The third-order valence-electron chi connectivity index (χ3n) is 3.12.